The Kier molecular flexibility index (Phi) is 5.16. The molecule has 0 atom stereocenters. The van der Waals surface area contributed by atoms with Gasteiger partial charge in [0.05, 0.1) is 17.1 Å². The van der Waals surface area contributed by atoms with Crippen LogP contribution in [0, 0.1) is 19.7 Å². The van der Waals surface area contributed by atoms with Crippen LogP contribution >= 0.6 is 22.9 Å². The first-order valence-corrected chi connectivity index (χ1v) is 8.90. The first kappa shape index (κ1) is 17.6. The van der Waals surface area contributed by atoms with E-state index >= 15 is 0 Å². The van der Waals surface area contributed by atoms with Gasteiger partial charge in [-0.1, -0.05) is 17.7 Å². The Hall–Kier alpha value is -2.24. The van der Waals surface area contributed by atoms with Crippen LogP contribution in [0.25, 0.3) is 11.3 Å². The van der Waals surface area contributed by atoms with Crippen molar-refractivity contribution in [3.63, 3.8) is 0 Å². The van der Waals surface area contributed by atoms with Crippen LogP contribution in [-0.2, 0) is 11.2 Å². The zero-order valence-electron chi connectivity index (χ0n) is 13.8. The molecule has 0 aliphatic heterocycles. The standard InChI is InChI=1S/C19H16ClFN2OS/c1-11-3-6-14(20)9-16(11)23-18(24)10-17-19(22-12(2)25-17)13-4-7-15(21)8-5-13/h3-9H,10H2,1-2H3,(H,23,24). The van der Waals surface area contributed by atoms with E-state index in [0.29, 0.717) is 10.7 Å². The maximum absolute atomic E-state index is 13.1. The summed E-state index contributed by atoms with van der Waals surface area (Å²) in [5.74, 6) is -0.441. The van der Waals surface area contributed by atoms with Crippen molar-refractivity contribution < 1.29 is 9.18 Å². The smallest absolute Gasteiger partial charge is 0.229 e. The summed E-state index contributed by atoms with van der Waals surface area (Å²) in [6.07, 6.45) is 0.199. The normalized spacial score (nSPS) is 10.7. The molecule has 1 heterocycles. The largest absolute Gasteiger partial charge is 0.325 e. The Balaban J connectivity index is 1.82. The van der Waals surface area contributed by atoms with Crippen LogP contribution in [-0.4, -0.2) is 10.9 Å². The number of rotatable bonds is 4. The van der Waals surface area contributed by atoms with E-state index in [9.17, 15) is 9.18 Å². The van der Waals surface area contributed by atoms with Gasteiger partial charge in [0, 0.05) is 21.2 Å². The maximum Gasteiger partial charge on any atom is 0.229 e. The molecule has 6 heteroatoms. The summed E-state index contributed by atoms with van der Waals surface area (Å²) in [4.78, 5) is 17.8. The van der Waals surface area contributed by atoms with Gasteiger partial charge >= 0.3 is 0 Å². The molecule has 1 N–H and O–H groups in total. The molecule has 0 radical (unpaired) electrons. The number of carbonyl (C=O) groups is 1. The number of nitrogens with zero attached hydrogens (tertiary/aromatic N) is 1. The van der Waals surface area contributed by atoms with Gasteiger partial charge in [0.15, 0.2) is 0 Å². The Morgan fingerprint density at radius 2 is 1.92 bits per heavy atom. The first-order chi connectivity index (χ1) is 11.9. The third-order valence-electron chi connectivity index (χ3n) is 3.72. The predicted molar refractivity (Wildman–Crippen MR) is 101 cm³/mol. The van der Waals surface area contributed by atoms with Gasteiger partial charge in [-0.25, -0.2) is 9.37 Å². The lowest BCUT2D eigenvalue weighted by atomic mass is 10.1. The maximum atomic E-state index is 13.1. The van der Waals surface area contributed by atoms with Crippen molar-refractivity contribution in [2.45, 2.75) is 20.3 Å². The highest BCUT2D eigenvalue weighted by molar-refractivity contribution is 7.12. The molecule has 3 rings (SSSR count). The Bertz CT molecular complexity index is 922. The van der Waals surface area contributed by atoms with Gasteiger partial charge in [-0.3, -0.25) is 4.79 Å². The van der Waals surface area contributed by atoms with E-state index < -0.39 is 0 Å². The molecule has 0 aliphatic carbocycles. The second-order valence-corrected chi connectivity index (χ2v) is 7.42. The number of thiazole rings is 1. The Morgan fingerprint density at radius 3 is 2.64 bits per heavy atom. The molecule has 0 aliphatic rings. The lowest BCUT2D eigenvalue weighted by Crippen LogP contribution is -2.15. The molecule has 0 unspecified atom stereocenters. The first-order valence-electron chi connectivity index (χ1n) is 7.70. The van der Waals surface area contributed by atoms with E-state index in [-0.39, 0.29) is 18.1 Å². The fraction of sp³-hybridized carbons (Fsp3) is 0.158. The number of benzene rings is 2. The highest BCUT2D eigenvalue weighted by Crippen LogP contribution is 2.29. The summed E-state index contributed by atoms with van der Waals surface area (Å²) in [5.41, 5.74) is 3.16. The molecule has 3 nitrogen and oxygen atoms in total. The fourth-order valence-electron chi connectivity index (χ4n) is 2.49. The molecule has 0 fully saturated rings. The van der Waals surface area contributed by atoms with Gasteiger partial charge in [-0.05, 0) is 55.8 Å². The van der Waals surface area contributed by atoms with Gasteiger partial charge in [-0.2, -0.15) is 0 Å². The second-order valence-electron chi connectivity index (χ2n) is 5.70. The van der Waals surface area contributed by atoms with Crippen molar-refractivity contribution in [2.75, 3.05) is 5.32 Å². The van der Waals surface area contributed by atoms with Crippen molar-refractivity contribution in [3.05, 3.63) is 68.8 Å². The minimum absolute atomic E-state index is 0.141. The lowest BCUT2D eigenvalue weighted by Gasteiger charge is -2.09. The fourth-order valence-corrected chi connectivity index (χ4v) is 3.62. The van der Waals surface area contributed by atoms with Crippen molar-refractivity contribution in [1.29, 1.82) is 0 Å². The topological polar surface area (TPSA) is 42.0 Å². The molecule has 0 spiro atoms. The number of anilines is 1. The summed E-state index contributed by atoms with van der Waals surface area (Å²) < 4.78 is 13.1. The molecule has 128 valence electrons. The van der Waals surface area contributed by atoms with Crippen LogP contribution in [0.2, 0.25) is 5.02 Å². The van der Waals surface area contributed by atoms with Crippen molar-refractivity contribution >= 4 is 34.5 Å². The summed E-state index contributed by atoms with van der Waals surface area (Å²) >= 11 is 7.46. The van der Waals surface area contributed by atoms with Crippen LogP contribution in [0.4, 0.5) is 10.1 Å². The van der Waals surface area contributed by atoms with E-state index in [1.165, 1.54) is 23.5 Å². The van der Waals surface area contributed by atoms with Crippen LogP contribution in [0.15, 0.2) is 42.5 Å². The van der Waals surface area contributed by atoms with Crippen LogP contribution < -0.4 is 5.32 Å². The molecule has 3 aromatic rings. The third kappa shape index (κ3) is 4.24. The number of nitrogens with one attached hydrogen (secondary N) is 1. The van der Waals surface area contributed by atoms with Crippen molar-refractivity contribution in [1.82, 2.24) is 4.98 Å². The highest BCUT2D eigenvalue weighted by Gasteiger charge is 2.15. The molecule has 0 bridgehead atoms. The summed E-state index contributed by atoms with van der Waals surface area (Å²) in [6.45, 7) is 3.80. The Labute approximate surface area is 154 Å². The third-order valence-corrected chi connectivity index (χ3v) is 4.92. The average Bonchev–Trinajstić information content (AvgIpc) is 2.92. The zero-order chi connectivity index (χ0) is 18.0. The lowest BCUT2D eigenvalue weighted by molar-refractivity contribution is -0.115. The SMILES string of the molecule is Cc1nc(-c2ccc(F)cc2)c(CC(=O)Nc2cc(Cl)ccc2C)s1. The van der Waals surface area contributed by atoms with Crippen LogP contribution in [0.3, 0.4) is 0 Å². The van der Waals surface area contributed by atoms with Gasteiger partial charge in [0.25, 0.3) is 0 Å². The number of aryl methyl sites for hydroxylation is 2. The number of carbonyl (C=O) groups excluding carboxylic acids is 1. The van der Waals surface area contributed by atoms with E-state index in [1.807, 2.05) is 19.9 Å². The minimum Gasteiger partial charge on any atom is -0.325 e. The number of amides is 1. The van der Waals surface area contributed by atoms with Gasteiger partial charge in [0.2, 0.25) is 5.91 Å². The van der Waals surface area contributed by atoms with Gasteiger partial charge < -0.3 is 5.32 Å². The molecule has 0 saturated carbocycles. The molecular weight excluding hydrogens is 359 g/mol. The predicted octanol–water partition coefficient (Wildman–Crippen LogP) is 5.40. The number of aromatic nitrogens is 1. The van der Waals surface area contributed by atoms with E-state index in [0.717, 1.165) is 26.7 Å². The van der Waals surface area contributed by atoms with Crippen molar-refractivity contribution in [2.24, 2.45) is 0 Å². The number of hydrogen-bond donors (Lipinski definition) is 1. The average molecular weight is 375 g/mol. The van der Waals surface area contributed by atoms with Crippen LogP contribution in [0.1, 0.15) is 15.4 Å². The molecular formula is C19H16ClFN2OS. The van der Waals surface area contributed by atoms with Crippen LogP contribution in [0.5, 0.6) is 0 Å². The van der Waals surface area contributed by atoms with Gasteiger partial charge in [-0.15, -0.1) is 11.3 Å². The number of halogens is 2. The van der Waals surface area contributed by atoms with Gasteiger partial charge in [0.1, 0.15) is 5.82 Å². The summed E-state index contributed by atoms with van der Waals surface area (Å²) in [7, 11) is 0. The molecule has 25 heavy (non-hydrogen) atoms. The second kappa shape index (κ2) is 7.33. The quantitative estimate of drug-likeness (QED) is 0.664. The minimum atomic E-state index is -0.300. The molecule has 1 amide bonds. The Morgan fingerprint density at radius 1 is 1.20 bits per heavy atom. The number of hydrogen-bond acceptors (Lipinski definition) is 3. The van der Waals surface area contributed by atoms with E-state index in [4.69, 9.17) is 11.6 Å². The molecule has 0 saturated heterocycles. The molecule has 2 aromatic carbocycles. The summed E-state index contributed by atoms with van der Waals surface area (Å²) in [5, 5.41) is 4.33. The highest BCUT2D eigenvalue weighted by atomic mass is 35.5. The van der Waals surface area contributed by atoms with Crippen molar-refractivity contribution in [3.8, 4) is 11.3 Å². The monoisotopic (exact) mass is 374 g/mol. The van der Waals surface area contributed by atoms with E-state index in [2.05, 4.69) is 10.3 Å². The molecule has 1 aromatic heterocycles. The zero-order valence-corrected chi connectivity index (χ0v) is 15.3. The summed E-state index contributed by atoms with van der Waals surface area (Å²) in [6, 6.07) is 11.5. The van der Waals surface area contributed by atoms with E-state index in [1.54, 1.807) is 24.3 Å².